The fourth-order valence-electron chi connectivity index (χ4n) is 2.14. The van der Waals surface area contributed by atoms with Gasteiger partial charge in [-0.3, -0.25) is 4.79 Å². The minimum absolute atomic E-state index is 0.0248. The van der Waals surface area contributed by atoms with Gasteiger partial charge in [0.1, 0.15) is 10.0 Å². The van der Waals surface area contributed by atoms with Gasteiger partial charge in [-0.25, -0.2) is 0 Å². The summed E-state index contributed by atoms with van der Waals surface area (Å²) in [4.78, 5) is 11.8. The quantitative estimate of drug-likeness (QED) is 0.691. The molecule has 100 valence electrons. The number of aliphatic hydroxyl groups is 1. The van der Waals surface area contributed by atoms with Gasteiger partial charge in [0.25, 0.3) is 0 Å². The predicted octanol–water partition coefficient (Wildman–Crippen LogP) is -0.397. The molecule has 0 aromatic carbocycles. The molecule has 1 aliphatic carbocycles. The van der Waals surface area contributed by atoms with E-state index in [1.807, 2.05) is 6.92 Å². The van der Waals surface area contributed by atoms with Crippen LogP contribution in [0, 0.1) is 12.8 Å². The van der Waals surface area contributed by atoms with Gasteiger partial charge in [-0.2, -0.15) is 0 Å². The Hall–Kier alpha value is -1.05. The number of carbonyl (C=O) groups excluding carboxylic acids is 1. The van der Waals surface area contributed by atoms with Crippen LogP contribution >= 0.6 is 11.3 Å². The Morgan fingerprint density at radius 2 is 2.33 bits per heavy atom. The zero-order chi connectivity index (χ0) is 13.1. The van der Waals surface area contributed by atoms with Crippen LogP contribution in [0.2, 0.25) is 0 Å². The minimum atomic E-state index is -0.549. The summed E-state index contributed by atoms with van der Waals surface area (Å²) >= 11 is 1.54. The molecule has 0 saturated heterocycles. The van der Waals surface area contributed by atoms with Crippen LogP contribution in [-0.4, -0.2) is 39.9 Å². The van der Waals surface area contributed by atoms with Crippen LogP contribution in [0.4, 0.5) is 0 Å². The van der Waals surface area contributed by atoms with Crippen LogP contribution in [0.25, 0.3) is 0 Å². The van der Waals surface area contributed by atoms with Gasteiger partial charge >= 0.3 is 0 Å². The van der Waals surface area contributed by atoms with Gasteiger partial charge < -0.3 is 16.2 Å². The van der Waals surface area contributed by atoms with Crippen molar-refractivity contribution in [3.63, 3.8) is 0 Å². The fourth-order valence-corrected chi connectivity index (χ4v) is 2.85. The molecule has 3 atom stereocenters. The van der Waals surface area contributed by atoms with Crippen LogP contribution in [0.5, 0.6) is 0 Å². The molecule has 2 rings (SSSR count). The number of amides is 1. The molecule has 1 aliphatic rings. The number of carbonyl (C=O) groups is 1. The lowest BCUT2D eigenvalue weighted by atomic mass is 10.1. The van der Waals surface area contributed by atoms with Crippen LogP contribution in [0.3, 0.4) is 0 Å². The predicted molar refractivity (Wildman–Crippen MR) is 68.1 cm³/mol. The van der Waals surface area contributed by atoms with E-state index in [0.29, 0.717) is 25.8 Å². The summed E-state index contributed by atoms with van der Waals surface area (Å²) in [5, 5.41) is 22.1. The first-order valence-electron chi connectivity index (χ1n) is 6.06. The molecule has 7 heteroatoms. The summed E-state index contributed by atoms with van der Waals surface area (Å²) < 4.78 is 0. The minimum Gasteiger partial charge on any atom is -0.391 e. The summed E-state index contributed by atoms with van der Waals surface area (Å²) in [7, 11) is 0. The number of nitrogens with two attached hydrogens (primary N) is 1. The molecule has 1 amide bonds. The molecular weight excluding hydrogens is 252 g/mol. The second-order valence-corrected chi connectivity index (χ2v) is 5.92. The van der Waals surface area contributed by atoms with E-state index in [9.17, 15) is 9.90 Å². The topological polar surface area (TPSA) is 101 Å². The number of hydrogen-bond acceptors (Lipinski definition) is 6. The smallest absolute Gasteiger partial charge is 0.223 e. The number of rotatable bonds is 4. The lowest BCUT2D eigenvalue weighted by Gasteiger charge is -2.09. The van der Waals surface area contributed by atoms with Gasteiger partial charge in [0.2, 0.25) is 5.91 Å². The maximum absolute atomic E-state index is 11.8. The zero-order valence-electron chi connectivity index (χ0n) is 10.3. The molecule has 1 saturated carbocycles. The first-order valence-corrected chi connectivity index (χ1v) is 6.88. The van der Waals surface area contributed by atoms with E-state index < -0.39 is 6.10 Å². The van der Waals surface area contributed by atoms with E-state index in [-0.39, 0.29) is 17.9 Å². The molecule has 6 nitrogen and oxygen atoms in total. The second-order valence-electron chi connectivity index (χ2n) is 4.66. The summed E-state index contributed by atoms with van der Waals surface area (Å²) in [6.45, 7) is 2.45. The Labute approximate surface area is 110 Å². The van der Waals surface area contributed by atoms with Crippen molar-refractivity contribution >= 4 is 17.2 Å². The highest BCUT2D eigenvalue weighted by Crippen LogP contribution is 2.24. The van der Waals surface area contributed by atoms with Crippen molar-refractivity contribution in [3.05, 3.63) is 10.0 Å². The molecule has 0 bridgehead atoms. The van der Waals surface area contributed by atoms with E-state index in [4.69, 9.17) is 5.73 Å². The Morgan fingerprint density at radius 3 is 2.89 bits per heavy atom. The molecule has 0 spiro atoms. The lowest BCUT2D eigenvalue weighted by molar-refractivity contribution is -0.125. The van der Waals surface area contributed by atoms with E-state index in [0.717, 1.165) is 10.0 Å². The molecule has 1 aromatic rings. The van der Waals surface area contributed by atoms with Crippen LogP contribution in [0.15, 0.2) is 0 Å². The standard InChI is InChI=1S/C11H18N4O2S/c1-6-14-15-10(18-6)2-3-13-11(17)7-4-8(12)9(16)5-7/h7-9,16H,2-5,12H2,1H3,(H,13,17)/t7-,8+,9+/m0/s1. The van der Waals surface area contributed by atoms with E-state index >= 15 is 0 Å². The Morgan fingerprint density at radius 1 is 1.56 bits per heavy atom. The Bertz CT molecular complexity index is 413. The lowest BCUT2D eigenvalue weighted by Crippen LogP contribution is -2.32. The Kier molecular flexibility index (Phi) is 4.26. The number of nitrogens with zero attached hydrogens (tertiary/aromatic N) is 2. The van der Waals surface area contributed by atoms with Gasteiger partial charge in [-0.05, 0) is 19.8 Å². The average Bonchev–Trinajstić information content (AvgIpc) is 2.87. The molecule has 1 fully saturated rings. The summed E-state index contributed by atoms with van der Waals surface area (Å²) in [5.74, 6) is -0.186. The van der Waals surface area contributed by atoms with Gasteiger partial charge in [0, 0.05) is 24.9 Å². The number of hydrogen-bond donors (Lipinski definition) is 3. The highest BCUT2D eigenvalue weighted by atomic mass is 32.1. The molecule has 18 heavy (non-hydrogen) atoms. The largest absolute Gasteiger partial charge is 0.391 e. The Balaban J connectivity index is 1.72. The second kappa shape index (κ2) is 5.73. The average molecular weight is 270 g/mol. The van der Waals surface area contributed by atoms with E-state index in [2.05, 4.69) is 15.5 Å². The molecule has 0 unspecified atom stereocenters. The summed E-state index contributed by atoms with van der Waals surface area (Å²) in [5.41, 5.74) is 5.68. The summed E-state index contributed by atoms with van der Waals surface area (Å²) in [6.07, 6.45) is 1.17. The third kappa shape index (κ3) is 3.24. The van der Waals surface area contributed by atoms with E-state index in [1.165, 1.54) is 11.3 Å². The number of aryl methyl sites for hydroxylation is 1. The molecule has 1 aromatic heterocycles. The SMILES string of the molecule is Cc1nnc(CCNC(=O)[C@H]2C[C@@H](N)[C@H](O)C2)s1. The van der Waals surface area contributed by atoms with Gasteiger partial charge in [0.15, 0.2) is 0 Å². The van der Waals surface area contributed by atoms with E-state index in [1.54, 1.807) is 0 Å². The molecule has 1 heterocycles. The van der Waals surface area contributed by atoms with Crippen molar-refractivity contribution in [2.45, 2.75) is 38.3 Å². The third-order valence-corrected chi connectivity index (χ3v) is 4.05. The van der Waals surface area contributed by atoms with Gasteiger partial charge in [0.05, 0.1) is 6.10 Å². The van der Waals surface area contributed by atoms with Crippen LogP contribution in [-0.2, 0) is 11.2 Å². The maximum Gasteiger partial charge on any atom is 0.223 e. The third-order valence-electron chi connectivity index (χ3n) is 3.15. The number of aromatic nitrogens is 2. The molecule has 4 N–H and O–H groups in total. The van der Waals surface area contributed by atoms with Crippen LogP contribution in [0.1, 0.15) is 22.9 Å². The first kappa shape index (κ1) is 13.4. The maximum atomic E-state index is 11.8. The van der Waals surface area contributed by atoms with Gasteiger partial charge in [-0.1, -0.05) is 0 Å². The normalized spacial score (nSPS) is 27.4. The first-order chi connectivity index (χ1) is 8.56. The van der Waals surface area contributed by atoms with Crippen molar-refractivity contribution in [1.29, 1.82) is 0 Å². The monoisotopic (exact) mass is 270 g/mol. The highest BCUT2D eigenvalue weighted by molar-refractivity contribution is 7.11. The van der Waals surface area contributed by atoms with Crippen molar-refractivity contribution in [2.24, 2.45) is 11.7 Å². The molecular formula is C11H18N4O2S. The summed E-state index contributed by atoms with van der Waals surface area (Å²) in [6, 6.07) is -0.272. The van der Waals surface area contributed by atoms with Crippen molar-refractivity contribution in [2.75, 3.05) is 6.54 Å². The van der Waals surface area contributed by atoms with Crippen molar-refractivity contribution in [1.82, 2.24) is 15.5 Å². The highest BCUT2D eigenvalue weighted by Gasteiger charge is 2.34. The molecule has 0 aliphatic heterocycles. The van der Waals surface area contributed by atoms with Crippen molar-refractivity contribution < 1.29 is 9.90 Å². The zero-order valence-corrected chi connectivity index (χ0v) is 11.1. The fraction of sp³-hybridized carbons (Fsp3) is 0.727. The number of aliphatic hydroxyl groups excluding tert-OH is 1. The number of nitrogens with one attached hydrogen (secondary N) is 1. The van der Waals surface area contributed by atoms with Gasteiger partial charge in [-0.15, -0.1) is 21.5 Å². The van der Waals surface area contributed by atoms with Crippen molar-refractivity contribution in [3.8, 4) is 0 Å². The molecule has 0 radical (unpaired) electrons. The van der Waals surface area contributed by atoms with Crippen LogP contribution < -0.4 is 11.1 Å².